The topological polar surface area (TPSA) is 93.3 Å². The lowest BCUT2D eigenvalue weighted by Gasteiger charge is -2.22. The van der Waals surface area contributed by atoms with Crippen molar-refractivity contribution < 1.29 is 9.72 Å². The first-order chi connectivity index (χ1) is 12.1. The fourth-order valence-electron chi connectivity index (χ4n) is 3.02. The number of carbonyl (C=O) groups excluding carboxylic acids is 1. The van der Waals surface area contributed by atoms with Crippen molar-refractivity contribution in [1.29, 1.82) is 0 Å². The first-order valence-corrected chi connectivity index (χ1v) is 8.44. The van der Waals surface area contributed by atoms with Crippen molar-refractivity contribution >= 4 is 23.1 Å². The molecule has 0 radical (unpaired) electrons. The summed E-state index contributed by atoms with van der Waals surface area (Å²) in [6.07, 6.45) is 6.29. The van der Waals surface area contributed by atoms with E-state index >= 15 is 0 Å². The second-order valence-corrected chi connectivity index (χ2v) is 6.10. The van der Waals surface area contributed by atoms with E-state index in [1.54, 1.807) is 0 Å². The summed E-state index contributed by atoms with van der Waals surface area (Å²) >= 11 is 0. The normalized spacial score (nSPS) is 14.8. The van der Waals surface area contributed by atoms with Crippen LogP contribution in [0.4, 0.5) is 17.2 Å². The number of anilines is 2. The van der Waals surface area contributed by atoms with Crippen LogP contribution in [-0.4, -0.2) is 33.7 Å². The Kier molecular flexibility index (Phi) is 5.27. The molecule has 1 aliphatic heterocycles. The van der Waals surface area contributed by atoms with Gasteiger partial charge in [-0.25, -0.2) is 0 Å². The second-order valence-electron chi connectivity index (χ2n) is 6.10. The molecule has 0 aliphatic carbocycles. The molecular weight excluding hydrogens is 322 g/mol. The summed E-state index contributed by atoms with van der Waals surface area (Å²) in [6, 6.07) is 8.98. The first kappa shape index (κ1) is 16.9. The van der Waals surface area contributed by atoms with Gasteiger partial charge in [-0.2, -0.15) is 0 Å². The van der Waals surface area contributed by atoms with Gasteiger partial charge in [-0.15, -0.1) is 4.68 Å². The van der Waals surface area contributed by atoms with E-state index in [1.165, 1.54) is 37.9 Å². The highest BCUT2D eigenvalue weighted by atomic mass is 16.6. The minimum atomic E-state index is -0.559. The number of nitrogens with zero attached hydrogens (tertiary/aromatic N) is 4. The molecule has 0 unspecified atom stereocenters. The zero-order chi connectivity index (χ0) is 17.6. The highest BCUT2D eigenvalue weighted by Crippen LogP contribution is 2.21. The molecule has 3 rings (SSSR count). The number of benzene rings is 1. The predicted octanol–water partition coefficient (Wildman–Crippen LogP) is 2.81. The van der Waals surface area contributed by atoms with Crippen molar-refractivity contribution in [3.8, 4) is 0 Å². The summed E-state index contributed by atoms with van der Waals surface area (Å²) in [6.45, 7) is 1.93. The van der Waals surface area contributed by atoms with Crippen molar-refractivity contribution in [2.45, 2.75) is 32.2 Å². The van der Waals surface area contributed by atoms with Crippen LogP contribution in [0.15, 0.2) is 36.5 Å². The average molecular weight is 343 g/mol. The highest BCUT2D eigenvalue weighted by molar-refractivity contribution is 5.90. The fourth-order valence-corrected chi connectivity index (χ4v) is 3.02. The Morgan fingerprint density at radius 2 is 1.80 bits per heavy atom. The van der Waals surface area contributed by atoms with Crippen molar-refractivity contribution in [1.82, 2.24) is 9.78 Å². The van der Waals surface area contributed by atoms with Crippen molar-refractivity contribution in [2.24, 2.45) is 0 Å². The van der Waals surface area contributed by atoms with Crippen molar-refractivity contribution in [3.05, 3.63) is 46.6 Å². The number of amides is 1. The van der Waals surface area contributed by atoms with Crippen molar-refractivity contribution in [2.75, 3.05) is 23.3 Å². The van der Waals surface area contributed by atoms with Gasteiger partial charge in [0, 0.05) is 24.5 Å². The Bertz CT molecular complexity index is 733. The molecule has 0 saturated carbocycles. The lowest BCUT2D eigenvalue weighted by atomic mass is 10.2. The molecule has 1 aromatic carbocycles. The Labute approximate surface area is 145 Å². The Morgan fingerprint density at radius 3 is 2.44 bits per heavy atom. The number of carbonyl (C=O) groups is 1. The number of hydrogen-bond acceptors (Lipinski definition) is 5. The van der Waals surface area contributed by atoms with E-state index in [1.807, 2.05) is 24.3 Å². The van der Waals surface area contributed by atoms with E-state index in [2.05, 4.69) is 15.3 Å². The summed E-state index contributed by atoms with van der Waals surface area (Å²) < 4.78 is 1.07. The van der Waals surface area contributed by atoms with Crippen LogP contribution >= 0.6 is 0 Å². The zero-order valence-corrected chi connectivity index (χ0v) is 13.9. The van der Waals surface area contributed by atoms with Gasteiger partial charge in [-0.3, -0.25) is 4.79 Å². The molecule has 8 nitrogen and oxygen atoms in total. The molecule has 1 aromatic heterocycles. The second kappa shape index (κ2) is 7.78. The summed E-state index contributed by atoms with van der Waals surface area (Å²) in [7, 11) is 0. The van der Waals surface area contributed by atoms with Crippen LogP contribution in [0.25, 0.3) is 0 Å². The maximum Gasteiger partial charge on any atom is 0.345 e. The van der Waals surface area contributed by atoms with Gasteiger partial charge in [0.15, 0.2) is 6.54 Å². The molecule has 2 heterocycles. The molecular formula is C17H21N5O3. The lowest BCUT2D eigenvalue weighted by molar-refractivity contribution is -0.392. The monoisotopic (exact) mass is 343 g/mol. The van der Waals surface area contributed by atoms with E-state index in [0.717, 1.165) is 23.5 Å². The number of hydrogen-bond donors (Lipinski definition) is 1. The van der Waals surface area contributed by atoms with E-state index in [9.17, 15) is 14.9 Å². The molecule has 1 N–H and O–H groups in total. The average Bonchev–Trinajstić information content (AvgIpc) is 2.88. The first-order valence-electron chi connectivity index (χ1n) is 8.44. The van der Waals surface area contributed by atoms with E-state index in [0.29, 0.717) is 5.69 Å². The number of nitro groups is 1. The zero-order valence-electron chi connectivity index (χ0n) is 13.9. The minimum Gasteiger partial charge on any atom is -0.372 e. The van der Waals surface area contributed by atoms with Gasteiger partial charge in [0.05, 0.1) is 12.3 Å². The maximum atomic E-state index is 12.1. The number of rotatable bonds is 5. The maximum absolute atomic E-state index is 12.1. The van der Waals surface area contributed by atoms with Crippen LogP contribution in [0, 0.1) is 10.1 Å². The summed E-state index contributed by atoms with van der Waals surface area (Å²) in [5, 5.41) is 17.4. The summed E-state index contributed by atoms with van der Waals surface area (Å²) in [5.41, 5.74) is 1.82. The molecule has 0 spiro atoms. The Hall–Kier alpha value is -2.90. The number of nitrogens with one attached hydrogen (secondary N) is 1. The third-order valence-corrected chi connectivity index (χ3v) is 4.30. The molecule has 2 aromatic rings. The van der Waals surface area contributed by atoms with Crippen LogP contribution in [0.2, 0.25) is 0 Å². The third-order valence-electron chi connectivity index (χ3n) is 4.30. The van der Waals surface area contributed by atoms with E-state index in [4.69, 9.17) is 0 Å². The predicted molar refractivity (Wildman–Crippen MR) is 94.6 cm³/mol. The van der Waals surface area contributed by atoms with E-state index in [-0.39, 0.29) is 18.3 Å². The van der Waals surface area contributed by atoms with Crippen LogP contribution in [0.1, 0.15) is 25.7 Å². The van der Waals surface area contributed by atoms with Crippen molar-refractivity contribution in [3.63, 3.8) is 0 Å². The standard InChI is InChI=1S/C17H21N5O3/c23-16(13-21-17(22(24)25)9-10-18-21)19-14-5-7-15(8-6-14)20-11-3-1-2-4-12-20/h5-10H,1-4,11-13H2,(H,19,23). The van der Waals surface area contributed by atoms with E-state index < -0.39 is 4.92 Å². The smallest absolute Gasteiger partial charge is 0.345 e. The fraction of sp³-hybridized carbons (Fsp3) is 0.412. The minimum absolute atomic E-state index is 0.197. The van der Waals surface area contributed by atoms with Gasteiger partial charge in [-0.05, 0) is 42.0 Å². The summed E-state index contributed by atoms with van der Waals surface area (Å²) in [5.74, 6) is -0.555. The van der Waals surface area contributed by atoms with Crippen LogP contribution < -0.4 is 10.2 Å². The lowest BCUT2D eigenvalue weighted by Crippen LogP contribution is -2.24. The molecule has 1 amide bonds. The van der Waals surface area contributed by atoms with Gasteiger partial charge in [0.25, 0.3) is 5.91 Å². The van der Waals surface area contributed by atoms with Gasteiger partial charge < -0.3 is 20.3 Å². The van der Waals surface area contributed by atoms with Gasteiger partial charge >= 0.3 is 5.82 Å². The molecule has 1 saturated heterocycles. The number of aromatic nitrogens is 2. The Morgan fingerprint density at radius 1 is 1.12 bits per heavy atom. The van der Waals surface area contributed by atoms with Gasteiger partial charge in [-0.1, -0.05) is 17.9 Å². The summed E-state index contributed by atoms with van der Waals surface area (Å²) in [4.78, 5) is 24.7. The molecule has 25 heavy (non-hydrogen) atoms. The van der Waals surface area contributed by atoms with Gasteiger partial charge in [0.1, 0.15) is 0 Å². The van der Waals surface area contributed by atoms with Crippen LogP contribution in [0.3, 0.4) is 0 Å². The molecule has 0 atom stereocenters. The van der Waals surface area contributed by atoms with Crippen LogP contribution in [-0.2, 0) is 11.3 Å². The van der Waals surface area contributed by atoms with Crippen LogP contribution in [0.5, 0.6) is 0 Å². The third kappa shape index (κ3) is 4.34. The SMILES string of the molecule is O=C(Cn1nccc1[N+](=O)[O-])Nc1ccc(N2CCCCCC2)cc1. The largest absolute Gasteiger partial charge is 0.372 e. The highest BCUT2D eigenvalue weighted by Gasteiger charge is 2.17. The molecule has 0 bridgehead atoms. The quantitative estimate of drug-likeness (QED) is 0.665. The molecule has 132 valence electrons. The molecule has 8 heteroatoms. The molecule has 1 fully saturated rings. The molecule has 1 aliphatic rings. The van der Waals surface area contributed by atoms with Gasteiger partial charge in [0.2, 0.25) is 0 Å². The Balaban J connectivity index is 1.60.